The van der Waals surface area contributed by atoms with E-state index in [0.717, 1.165) is 17.8 Å². The molecule has 1 fully saturated rings. The van der Waals surface area contributed by atoms with Gasteiger partial charge in [-0.3, -0.25) is 0 Å². The van der Waals surface area contributed by atoms with Crippen molar-refractivity contribution in [2.75, 3.05) is 0 Å². The third-order valence-corrected chi connectivity index (χ3v) is 4.38. The molecule has 0 aliphatic heterocycles. The summed E-state index contributed by atoms with van der Waals surface area (Å²) in [5.41, 5.74) is 0. The molecule has 1 aliphatic carbocycles. The highest BCUT2D eigenvalue weighted by Gasteiger charge is 2.24. The maximum Gasteiger partial charge on any atom is -0.0269 e. The van der Waals surface area contributed by atoms with E-state index < -0.39 is 0 Å². The molecular weight excluding hydrogens is 180 g/mol. The highest BCUT2D eigenvalue weighted by molar-refractivity contribution is 4.91. The Bertz CT molecular complexity index is 153. The molecule has 1 rings (SSSR count). The minimum absolute atomic E-state index is 0.886. The van der Waals surface area contributed by atoms with E-state index in [4.69, 9.17) is 0 Å². The van der Waals surface area contributed by atoms with Crippen molar-refractivity contribution in [3.8, 4) is 0 Å². The second kappa shape index (κ2) is 6.55. The maximum absolute atomic E-state index is 2.43. The SMILES string of the molecule is CCC(C)C(CC1CCCCC1)[C](C)C. The predicted molar refractivity (Wildman–Crippen MR) is 68.7 cm³/mol. The molecule has 1 aliphatic rings. The Kier molecular flexibility index (Phi) is 5.71. The fourth-order valence-electron chi connectivity index (χ4n) is 3.10. The van der Waals surface area contributed by atoms with Gasteiger partial charge in [-0.05, 0) is 30.1 Å². The molecule has 0 aromatic carbocycles. The Morgan fingerprint density at radius 1 is 1.13 bits per heavy atom. The molecule has 0 aromatic rings. The number of hydrogen-bond donors (Lipinski definition) is 0. The van der Waals surface area contributed by atoms with Crippen molar-refractivity contribution in [3.05, 3.63) is 5.92 Å². The van der Waals surface area contributed by atoms with Crippen LogP contribution in [0.15, 0.2) is 0 Å². The van der Waals surface area contributed by atoms with Gasteiger partial charge < -0.3 is 0 Å². The molecule has 0 N–H and O–H groups in total. The van der Waals surface area contributed by atoms with Crippen molar-refractivity contribution in [2.45, 2.75) is 72.6 Å². The first kappa shape index (κ1) is 13.1. The van der Waals surface area contributed by atoms with Crippen LogP contribution < -0.4 is 0 Å². The van der Waals surface area contributed by atoms with Crippen LogP contribution in [0.3, 0.4) is 0 Å². The fourth-order valence-corrected chi connectivity index (χ4v) is 3.10. The Balaban J connectivity index is 2.42. The second-order valence-corrected chi connectivity index (χ2v) is 5.81. The van der Waals surface area contributed by atoms with E-state index in [2.05, 4.69) is 27.7 Å². The van der Waals surface area contributed by atoms with Crippen LogP contribution >= 0.6 is 0 Å². The third kappa shape index (κ3) is 4.17. The zero-order valence-electron chi connectivity index (χ0n) is 11.2. The fraction of sp³-hybridized carbons (Fsp3) is 0.933. The minimum atomic E-state index is 0.886. The summed E-state index contributed by atoms with van der Waals surface area (Å²) in [4.78, 5) is 0. The normalized spacial score (nSPS) is 23.0. The van der Waals surface area contributed by atoms with Crippen LogP contribution in [0.2, 0.25) is 0 Å². The van der Waals surface area contributed by atoms with Gasteiger partial charge in [-0.1, -0.05) is 66.2 Å². The highest BCUT2D eigenvalue weighted by Crippen LogP contribution is 2.36. The van der Waals surface area contributed by atoms with Gasteiger partial charge in [-0.15, -0.1) is 0 Å². The van der Waals surface area contributed by atoms with Gasteiger partial charge in [0, 0.05) is 0 Å². The standard InChI is InChI=1S/C15H29/c1-5-13(4)15(12(2)3)11-14-9-7-6-8-10-14/h13-15H,5-11H2,1-4H3. The summed E-state index contributed by atoms with van der Waals surface area (Å²) in [5.74, 6) is 4.47. The number of rotatable bonds is 5. The predicted octanol–water partition coefficient (Wildman–Crippen LogP) is 5.23. The molecule has 15 heavy (non-hydrogen) atoms. The minimum Gasteiger partial charge on any atom is -0.0651 e. The van der Waals surface area contributed by atoms with Crippen molar-refractivity contribution in [2.24, 2.45) is 17.8 Å². The van der Waals surface area contributed by atoms with Gasteiger partial charge in [0.25, 0.3) is 0 Å². The maximum atomic E-state index is 2.43. The quantitative estimate of drug-likeness (QED) is 0.581. The topological polar surface area (TPSA) is 0 Å². The van der Waals surface area contributed by atoms with Crippen LogP contribution in [-0.2, 0) is 0 Å². The molecule has 0 amide bonds. The monoisotopic (exact) mass is 209 g/mol. The van der Waals surface area contributed by atoms with Crippen LogP contribution in [0.1, 0.15) is 72.6 Å². The highest BCUT2D eigenvalue weighted by atomic mass is 14.3. The van der Waals surface area contributed by atoms with Crippen molar-refractivity contribution in [3.63, 3.8) is 0 Å². The van der Waals surface area contributed by atoms with Gasteiger partial charge in [-0.25, -0.2) is 0 Å². The molecule has 1 saturated carbocycles. The van der Waals surface area contributed by atoms with E-state index in [9.17, 15) is 0 Å². The van der Waals surface area contributed by atoms with Gasteiger partial charge >= 0.3 is 0 Å². The Morgan fingerprint density at radius 2 is 1.73 bits per heavy atom. The van der Waals surface area contributed by atoms with E-state index in [1.807, 2.05) is 0 Å². The molecule has 2 atom stereocenters. The van der Waals surface area contributed by atoms with Crippen molar-refractivity contribution in [1.82, 2.24) is 0 Å². The Labute approximate surface area is 96.8 Å². The summed E-state index contributed by atoms with van der Waals surface area (Å²) >= 11 is 0. The van der Waals surface area contributed by atoms with Crippen molar-refractivity contribution >= 4 is 0 Å². The molecular formula is C15H29. The second-order valence-electron chi connectivity index (χ2n) is 5.81. The van der Waals surface area contributed by atoms with Crippen LogP contribution in [0, 0.1) is 23.7 Å². The Hall–Kier alpha value is 0. The first-order chi connectivity index (χ1) is 7.15. The molecule has 0 heterocycles. The molecule has 0 saturated heterocycles. The molecule has 2 unspecified atom stereocenters. The number of hydrogen-bond acceptors (Lipinski definition) is 0. The molecule has 0 aromatic heterocycles. The first-order valence-corrected chi connectivity index (χ1v) is 6.95. The molecule has 0 nitrogen and oxygen atoms in total. The van der Waals surface area contributed by atoms with Crippen LogP contribution in [0.25, 0.3) is 0 Å². The van der Waals surface area contributed by atoms with Crippen LogP contribution in [-0.4, -0.2) is 0 Å². The van der Waals surface area contributed by atoms with E-state index >= 15 is 0 Å². The lowest BCUT2D eigenvalue weighted by Crippen LogP contribution is -2.21. The summed E-state index contributed by atoms with van der Waals surface area (Å²) in [6.07, 6.45) is 10.3. The Morgan fingerprint density at radius 3 is 2.20 bits per heavy atom. The summed E-state index contributed by atoms with van der Waals surface area (Å²) in [6.45, 7) is 9.43. The van der Waals surface area contributed by atoms with Gasteiger partial charge in [0.05, 0.1) is 0 Å². The lowest BCUT2D eigenvalue weighted by molar-refractivity contribution is 0.244. The van der Waals surface area contributed by atoms with Gasteiger partial charge in [0.1, 0.15) is 0 Å². The summed E-state index contributed by atoms with van der Waals surface area (Å²) in [6, 6.07) is 0. The van der Waals surface area contributed by atoms with Crippen LogP contribution in [0.5, 0.6) is 0 Å². The zero-order valence-corrected chi connectivity index (χ0v) is 11.2. The summed E-state index contributed by atoms with van der Waals surface area (Å²) in [7, 11) is 0. The van der Waals surface area contributed by atoms with Crippen molar-refractivity contribution < 1.29 is 0 Å². The van der Waals surface area contributed by atoms with Gasteiger partial charge in [0.2, 0.25) is 0 Å². The molecule has 0 spiro atoms. The first-order valence-electron chi connectivity index (χ1n) is 6.95. The van der Waals surface area contributed by atoms with E-state index in [1.165, 1.54) is 44.9 Å². The van der Waals surface area contributed by atoms with E-state index in [0.29, 0.717) is 0 Å². The van der Waals surface area contributed by atoms with Gasteiger partial charge in [0.15, 0.2) is 0 Å². The summed E-state index contributed by atoms with van der Waals surface area (Å²) in [5, 5.41) is 0. The molecule has 0 bridgehead atoms. The van der Waals surface area contributed by atoms with Crippen molar-refractivity contribution in [1.29, 1.82) is 0 Å². The van der Waals surface area contributed by atoms with E-state index in [-0.39, 0.29) is 0 Å². The van der Waals surface area contributed by atoms with E-state index in [1.54, 1.807) is 5.92 Å². The molecule has 89 valence electrons. The third-order valence-electron chi connectivity index (χ3n) is 4.38. The largest absolute Gasteiger partial charge is 0.0651 e. The average Bonchev–Trinajstić information content (AvgIpc) is 2.26. The van der Waals surface area contributed by atoms with Gasteiger partial charge in [-0.2, -0.15) is 0 Å². The van der Waals surface area contributed by atoms with Crippen LogP contribution in [0.4, 0.5) is 0 Å². The summed E-state index contributed by atoms with van der Waals surface area (Å²) < 4.78 is 0. The lowest BCUT2D eigenvalue weighted by Gasteiger charge is -2.32. The zero-order chi connectivity index (χ0) is 11.3. The molecule has 1 radical (unpaired) electrons. The smallest absolute Gasteiger partial charge is 0.0269 e. The lowest BCUT2D eigenvalue weighted by atomic mass is 9.74. The molecule has 0 heteroatoms. The average molecular weight is 209 g/mol.